The van der Waals surface area contributed by atoms with E-state index in [4.69, 9.17) is 0 Å². The van der Waals surface area contributed by atoms with Gasteiger partial charge in [-0.25, -0.2) is 0 Å². The zero-order chi connectivity index (χ0) is 20.9. The quantitative estimate of drug-likeness (QED) is 0.257. The number of unbranched alkanes of at least 4 members (excludes halogenated alkanes) is 13. The largest absolute Gasteiger partial charge is 0.0895 e. The predicted octanol–water partition coefficient (Wildman–Crippen LogP) is 10.2. The molecule has 0 atom stereocenters. The third-order valence-corrected chi connectivity index (χ3v) is 7.84. The van der Waals surface area contributed by atoms with Gasteiger partial charge < -0.3 is 0 Å². The Bertz CT molecular complexity index is 674. The van der Waals surface area contributed by atoms with Crippen LogP contribution in [0.3, 0.4) is 0 Å². The number of hydrogen-bond acceptors (Lipinski definition) is 1. The van der Waals surface area contributed by atoms with Crippen molar-refractivity contribution < 1.29 is 0 Å². The molecule has 0 aromatic heterocycles. The van der Waals surface area contributed by atoms with Crippen LogP contribution in [0.1, 0.15) is 120 Å². The van der Waals surface area contributed by atoms with E-state index < -0.39 is 0 Å². The number of hydrogen-bond donors (Lipinski definition) is 0. The molecule has 164 valence electrons. The Balaban J connectivity index is 1.27. The second-order valence-corrected chi connectivity index (χ2v) is 10.2. The highest BCUT2D eigenvalue weighted by atomic mass is 32.2. The molecular formula is C29H42S. The van der Waals surface area contributed by atoms with Crippen LogP contribution in [-0.4, -0.2) is 0 Å². The van der Waals surface area contributed by atoms with Gasteiger partial charge in [-0.3, -0.25) is 0 Å². The first-order valence-corrected chi connectivity index (χ1v) is 13.6. The number of fused-ring (bicyclic) bond motifs is 2. The van der Waals surface area contributed by atoms with Crippen LogP contribution < -0.4 is 0 Å². The van der Waals surface area contributed by atoms with Crippen molar-refractivity contribution in [3.05, 3.63) is 59.7 Å². The van der Waals surface area contributed by atoms with Gasteiger partial charge in [-0.2, -0.15) is 0 Å². The molecule has 0 amide bonds. The van der Waals surface area contributed by atoms with Gasteiger partial charge in [0.1, 0.15) is 0 Å². The summed E-state index contributed by atoms with van der Waals surface area (Å²) in [6.07, 6.45) is 21.4. The molecule has 1 aliphatic heterocycles. The van der Waals surface area contributed by atoms with E-state index in [2.05, 4.69) is 55.5 Å². The molecule has 30 heavy (non-hydrogen) atoms. The normalized spacial score (nSPS) is 13.2. The average Bonchev–Trinajstić information content (AvgIpc) is 2.78. The van der Waals surface area contributed by atoms with Gasteiger partial charge in [0.2, 0.25) is 0 Å². The summed E-state index contributed by atoms with van der Waals surface area (Å²) >= 11 is 1.95. The minimum atomic E-state index is 0.593. The van der Waals surface area contributed by atoms with E-state index in [-0.39, 0.29) is 0 Å². The molecule has 0 saturated carbocycles. The Morgan fingerprint density at radius 1 is 0.533 bits per heavy atom. The van der Waals surface area contributed by atoms with Gasteiger partial charge in [0, 0.05) is 15.7 Å². The lowest BCUT2D eigenvalue weighted by Gasteiger charge is -2.28. The van der Waals surface area contributed by atoms with Crippen molar-refractivity contribution in [3.8, 4) is 0 Å². The van der Waals surface area contributed by atoms with Gasteiger partial charge in [0.15, 0.2) is 0 Å². The van der Waals surface area contributed by atoms with Crippen LogP contribution in [0.5, 0.6) is 0 Å². The van der Waals surface area contributed by atoms with Crippen molar-refractivity contribution in [2.75, 3.05) is 0 Å². The standard InChI is InChI=1S/C29H42S/c1-2-3-4-5-6-7-8-9-10-11-12-13-14-15-20-25-26-21-16-18-23-28(26)30-29-24-19-17-22-27(25)29/h16-19,21-25H,2-15,20H2,1H3. The SMILES string of the molecule is CCCCCCCCCCCCCCCCC1c2ccccc2Sc2ccccc21. The molecule has 0 radical (unpaired) electrons. The fourth-order valence-electron chi connectivity index (χ4n) is 4.86. The van der Waals surface area contributed by atoms with Crippen LogP contribution in [0.2, 0.25) is 0 Å². The average molecular weight is 423 g/mol. The molecule has 2 aromatic carbocycles. The summed E-state index contributed by atoms with van der Waals surface area (Å²) in [4.78, 5) is 2.93. The fraction of sp³-hybridized carbons (Fsp3) is 0.586. The molecule has 0 unspecified atom stereocenters. The Hall–Kier alpha value is -1.21. The van der Waals surface area contributed by atoms with Crippen LogP contribution >= 0.6 is 11.8 Å². The Labute approximate surface area is 190 Å². The first kappa shape index (κ1) is 23.5. The first-order valence-electron chi connectivity index (χ1n) is 12.8. The van der Waals surface area contributed by atoms with Gasteiger partial charge in [-0.05, 0) is 29.7 Å². The second kappa shape index (κ2) is 14.0. The number of benzene rings is 2. The maximum absolute atomic E-state index is 2.35. The van der Waals surface area contributed by atoms with Crippen LogP contribution in [0.15, 0.2) is 58.3 Å². The van der Waals surface area contributed by atoms with Gasteiger partial charge in [0.05, 0.1) is 0 Å². The van der Waals surface area contributed by atoms with E-state index in [0.29, 0.717) is 5.92 Å². The van der Waals surface area contributed by atoms with E-state index in [1.807, 2.05) is 11.8 Å². The molecule has 0 aliphatic carbocycles. The summed E-state index contributed by atoms with van der Waals surface area (Å²) in [5, 5.41) is 0. The van der Waals surface area contributed by atoms with Crippen molar-refractivity contribution in [1.29, 1.82) is 0 Å². The molecule has 1 aliphatic rings. The van der Waals surface area contributed by atoms with Gasteiger partial charge in [-0.15, -0.1) is 0 Å². The summed E-state index contributed by atoms with van der Waals surface area (Å²) in [5.41, 5.74) is 3.10. The molecule has 0 fully saturated rings. The van der Waals surface area contributed by atoms with Crippen molar-refractivity contribution in [3.63, 3.8) is 0 Å². The highest BCUT2D eigenvalue weighted by Crippen LogP contribution is 2.47. The Morgan fingerprint density at radius 3 is 1.40 bits per heavy atom. The maximum atomic E-state index is 2.35. The lowest BCUT2D eigenvalue weighted by atomic mass is 9.86. The highest BCUT2D eigenvalue weighted by molar-refractivity contribution is 7.99. The third kappa shape index (κ3) is 7.49. The molecule has 1 heterocycles. The van der Waals surface area contributed by atoms with E-state index in [9.17, 15) is 0 Å². The van der Waals surface area contributed by atoms with Crippen molar-refractivity contribution in [2.24, 2.45) is 0 Å². The third-order valence-electron chi connectivity index (χ3n) is 6.66. The van der Waals surface area contributed by atoms with Crippen LogP contribution in [-0.2, 0) is 0 Å². The molecule has 0 saturated heterocycles. The predicted molar refractivity (Wildman–Crippen MR) is 134 cm³/mol. The summed E-state index contributed by atoms with van der Waals surface area (Å²) in [6.45, 7) is 2.30. The summed E-state index contributed by atoms with van der Waals surface area (Å²) in [6, 6.07) is 18.1. The Morgan fingerprint density at radius 2 is 0.933 bits per heavy atom. The van der Waals surface area contributed by atoms with Gasteiger partial charge in [-0.1, -0.05) is 145 Å². The summed E-state index contributed by atoms with van der Waals surface area (Å²) in [5.74, 6) is 0.593. The maximum Gasteiger partial charge on any atom is 0.0160 e. The lowest BCUT2D eigenvalue weighted by Crippen LogP contribution is -2.08. The van der Waals surface area contributed by atoms with Crippen molar-refractivity contribution in [1.82, 2.24) is 0 Å². The molecule has 1 heteroatoms. The zero-order valence-corrected chi connectivity index (χ0v) is 20.0. The molecule has 0 N–H and O–H groups in total. The van der Waals surface area contributed by atoms with Crippen molar-refractivity contribution in [2.45, 2.75) is 119 Å². The fourth-order valence-corrected chi connectivity index (χ4v) is 6.05. The summed E-state index contributed by atoms with van der Waals surface area (Å²) < 4.78 is 0. The molecule has 0 spiro atoms. The van der Waals surface area contributed by atoms with Crippen LogP contribution in [0.4, 0.5) is 0 Å². The van der Waals surface area contributed by atoms with E-state index in [1.54, 1.807) is 11.1 Å². The van der Waals surface area contributed by atoms with Gasteiger partial charge >= 0.3 is 0 Å². The van der Waals surface area contributed by atoms with E-state index in [1.165, 1.54) is 106 Å². The molecule has 0 bridgehead atoms. The monoisotopic (exact) mass is 422 g/mol. The van der Waals surface area contributed by atoms with Crippen LogP contribution in [0, 0.1) is 0 Å². The highest BCUT2D eigenvalue weighted by Gasteiger charge is 2.24. The Kier molecular flexibility index (Phi) is 10.9. The minimum Gasteiger partial charge on any atom is -0.0895 e. The first-order chi connectivity index (χ1) is 14.9. The zero-order valence-electron chi connectivity index (χ0n) is 19.2. The summed E-state index contributed by atoms with van der Waals surface area (Å²) in [7, 11) is 0. The molecule has 0 nitrogen and oxygen atoms in total. The van der Waals surface area contributed by atoms with Crippen LogP contribution in [0.25, 0.3) is 0 Å². The molecule has 3 rings (SSSR count). The van der Waals surface area contributed by atoms with E-state index in [0.717, 1.165) is 0 Å². The lowest BCUT2D eigenvalue weighted by molar-refractivity contribution is 0.526. The van der Waals surface area contributed by atoms with Crippen molar-refractivity contribution >= 4 is 11.8 Å². The minimum absolute atomic E-state index is 0.593. The topological polar surface area (TPSA) is 0 Å². The van der Waals surface area contributed by atoms with Gasteiger partial charge in [0.25, 0.3) is 0 Å². The van der Waals surface area contributed by atoms with E-state index >= 15 is 0 Å². The molecular weight excluding hydrogens is 380 g/mol. The number of rotatable bonds is 15. The smallest absolute Gasteiger partial charge is 0.0160 e. The second-order valence-electron chi connectivity index (χ2n) is 9.12. The molecule has 2 aromatic rings.